The lowest BCUT2D eigenvalue weighted by atomic mass is 9.88. The highest BCUT2D eigenvalue weighted by Gasteiger charge is 2.31. The molecular weight excluding hydrogens is 464 g/mol. The van der Waals surface area contributed by atoms with Gasteiger partial charge in [0.1, 0.15) is 18.7 Å². The van der Waals surface area contributed by atoms with Crippen molar-refractivity contribution in [3.05, 3.63) is 59.7 Å². The average molecular weight is 499 g/mol. The topological polar surface area (TPSA) is 105 Å². The largest absolute Gasteiger partial charge is 0.480 e. The molecule has 35 heavy (non-hydrogen) atoms. The normalized spacial score (nSPS) is 14.4. The second-order valence-electron chi connectivity index (χ2n) is 9.97. The number of carboxylic acids is 1. The molecule has 0 radical (unpaired) electrons. The minimum Gasteiger partial charge on any atom is -0.480 e. The molecule has 7 nitrogen and oxygen atoms in total. The van der Waals surface area contributed by atoms with E-state index in [-0.39, 0.29) is 24.4 Å². The van der Waals surface area contributed by atoms with Gasteiger partial charge in [-0.1, -0.05) is 69.3 Å². The Morgan fingerprint density at radius 3 is 2.06 bits per heavy atom. The molecule has 3 rings (SSSR count). The van der Waals surface area contributed by atoms with Crippen LogP contribution in [0.2, 0.25) is 0 Å². The van der Waals surface area contributed by atoms with Gasteiger partial charge in [-0.3, -0.25) is 4.79 Å². The molecule has 0 saturated carbocycles. The molecule has 2 amide bonds. The van der Waals surface area contributed by atoms with Crippen LogP contribution in [-0.2, 0) is 14.3 Å². The highest BCUT2D eigenvalue weighted by atomic mass is 32.2. The second kappa shape index (κ2) is 11.6. The van der Waals surface area contributed by atoms with Gasteiger partial charge in [0.2, 0.25) is 5.91 Å². The zero-order valence-corrected chi connectivity index (χ0v) is 21.5. The Hall–Kier alpha value is -3.00. The van der Waals surface area contributed by atoms with Gasteiger partial charge in [-0.25, -0.2) is 9.59 Å². The van der Waals surface area contributed by atoms with E-state index in [1.54, 1.807) is 0 Å². The van der Waals surface area contributed by atoms with E-state index in [1.807, 2.05) is 63.4 Å². The zero-order chi connectivity index (χ0) is 25.6. The summed E-state index contributed by atoms with van der Waals surface area (Å²) in [7, 11) is 0. The van der Waals surface area contributed by atoms with E-state index in [1.165, 1.54) is 11.8 Å². The molecule has 0 bridgehead atoms. The first-order valence-electron chi connectivity index (χ1n) is 11.7. The summed E-state index contributed by atoms with van der Waals surface area (Å²) in [6.07, 6.45) is 1.84. The number of carbonyl (C=O) groups is 3. The fourth-order valence-corrected chi connectivity index (χ4v) is 4.84. The Kier molecular flexibility index (Phi) is 8.83. The fourth-order valence-electron chi connectivity index (χ4n) is 4.37. The Morgan fingerprint density at radius 1 is 0.971 bits per heavy atom. The number of hydrogen-bond donors (Lipinski definition) is 3. The number of carboxylic acid groups (broad SMARTS) is 1. The van der Waals surface area contributed by atoms with Gasteiger partial charge in [0.15, 0.2) is 0 Å². The lowest BCUT2D eigenvalue weighted by Gasteiger charge is -2.26. The maximum Gasteiger partial charge on any atom is 0.407 e. The summed E-state index contributed by atoms with van der Waals surface area (Å²) in [6, 6.07) is 14.2. The van der Waals surface area contributed by atoms with Gasteiger partial charge < -0.3 is 20.5 Å². The minimum absolute atomic E-state index is 0.0881. The maximum absolute atomic E-state index is 12.9. The van der Waals surface area contributed by atoms with Crippen molar-refractivity contribution in [1.82, 2.24) is 10.6 Å². The van der Waals surface area contributed by atoms with Gasteiger partial charge in [0, 0.05) is 5.92 Å². The van der Waals surface area contributed by atoms with E-state index in [2.05, 4.69) is 22.8 Å². The third kappa shape index (κ3) is 7.01. The van der Waals surface area contributed by atoms with Crippen molar-refractivity contribution in [2.75, 3.05) is 18.6 Å². The molecule has 1 aliphatic rings. The Bertz CT molecular complexity index is 1020. The van der Waals surface area contributed by atoms with Crippen LogP contribution in [0.25, 0.3) is 11.1 Å². The van der Waals surface area contributed by atoms with Crippen molar-refractivity contribution in [3.63, 3.8) is 0 Å². The van der Waals surface area contributed by atoms with Crippen LogP contribution in [0.1, 0.15) is 50.7 Å². The number of alkyl carbamates (subject to hydrolysis) is 1. The molecule has 188 valence electrons. The molecule has 0 fully saturated rings. The van der Waals surface area contributed by atoms with E-state index in [0.29, 0.717) is 12.2 Å². The Labute approximate surface area is 211 Å². The predicted molar refractivity (Wildman–Crippen MR) is 139 cm³/mol. The van der Waals surface area contributed by atoms with E-state index >= 15 is 0 Å². The average Bonchev–Trinajstić information content (AvgIpc) is 3.12. The van der Waals surface area contributed by atoms with Crippen molar-refractivity contribution < 1.29 is 24.2 Å². The highest BCUT2D eigenvalue weighted by molar-refractivity contribution is 7.98. The van der Waals surface area contributed by atoms with Crippen molar-refractivity contribution in [2.45, 2.75) is 51.6 Å². The highest BCUT2D eigenvalue weighted by Crippen LogP contribution is 2.44. The molecule has 0 aliphatic heterocycles. The number of rotatable bonds is 10. The number of ether oxygens (including phenoxy) is 1. The van der Waals surface area contributed by atoms with Crippen molar-refractivity contribution in [2.24, 2.45) is 5.41 Å². The summed E-state index contributed by atoms with van der Waals surface area (Å²) >= 11 is 1.54. The number of amides is 2. The second-order valence-corrected chi connectivity index (χ2v) is 11.0. The summed E-state index contributed by atoms with van der Waals surface area (Å²) < 4.78 is 5.58. The number of carbonyl (C=O) groups excluding carboxylic acids is 2. The van der Waals surface area contributed by atoms with Crippen LogP contribution in [0, 0.1) is 5.41 Å². The van der Waals surface area contributed by atoms with E-state index in [4.69, 9.17) is 4.74 Å². The fraction of sp³-hybridized carbons (Fsp3) is 0.444. The van der Waals surface area contributed by atoms with Crippen LogP contribution in [0.4, 0.5) is 4.79 Å². The molecule has 2 aromatic rings. The first-order chi connectivity index (χ1) is 16.6. The third-order valence-corrected chi connectivity index (χ3v) is 6.64. The number of nitrogens with one attached hydrogen (secondary N) is 2. The van der Waals surface area contributed by atoms with Gasteiger partial charge in [0.25, 0.3) is 0 Å². The molecule has 2 atom stereocenters. The number of thioether (sulfide) groups is 1. The first-order valence-corrected chi connectivity index (χ1v) is 13.1. The molecule has 2 aromatic carbocycles. The molecule has 0 aromatic heterocycles. The standard InChI is InChI=1S/C27H34N2O5S/c1-27(2,3)15-23(25(31)32)28-24(30)22(13-14-35-4)29-26(33)34-16-21-19-11-7-5-9-17(19)18-10-6-8-12-20(18)21/h5-12,21-23H,13-16H2,1-4H3,(H,28,30)(H,29,33)(H,31,32). The van der Waals surface area contributed by atoms with Crippen LogP contribution in [-0.4, -0.2) is 53.8 Å². The molecule has 3 N–H and O–H groups in total. The summed E-state index contributed by atoms with van der Waals surface area (Å²) in [4.78, 5) is 37.3. The van der Waals surface area contributed by atoms with Gasteiger partial charge in [0.05, 0.1) is 0 Å². The van der Waals surface area contributed by atoms with Crippen LogP contribution < -0.4 is 10.6 Å². The molecule has 0 spiro atoms. The Balaban J connectivity index is 1.66. The summed E-state index contributed by atoms with van der Waals surface area (Å²) in [5, 5.41) is 14.8. The molecular formula is C27H34N2O5S. The van der Waals surface area contributed by atoms with Crippen molar-refractivity contribution in [1.29, 1.82) is 0 Å². The van der Waals surface area contributed by atoms with E-state index < -0.39 is 30.1 Å². The van der Waals surface area contributed by atoms with Crippen molar-refractivity contribution in [3.8, 4) is 11.1 Å². The summed E-state index contributed by atoms with van der Waals surface area (Å²) in [6.45, 7) is 5.87. The smallest absolute Gasteiger partial charge is 0.407 e. The number of benzene rings is 2. The van der Waals surface area contributed by atoms with Gasteiger partial charge >= 0.3 is 12.1 Å². The lowest BCUT2D eigenvalue weighted by molar-refractivity contribution is -0.143. The van der Waals surface area contributed by atoms with Crippen LogP contribution in [0.3, 0.4) is 0 Å². The molecule has 8 heteroatoms. The third-order valence-electron chi connectivity index (χ3n) is 5.99. The maximum atomic E-state index is 12.9. The zero-order valence-electron chi connectivity index (χ0n) is 20.7. The first kappa shape index (κ1) is 26.6. The molecule has 0 saturated heterocycles. The number of aliphatic carboxylic acids is 1. The van der Waals surface area contributed by atoms with Crippen LogP contribution >= 0.6 is 11.8 Å². The molecule has 2 unspecified atom stereocenters. The summed E-state index contributed by atoms with van der Waals surface area (Å²) in [5.74, 6) is -1.09. The van der Waals surface area contributed by atoms with E-state index in [0.717, 1.165) is 22.3 Å². The Morgan fingerprint density at radius 2 is 1.54 bits per heavy atom. The monoisotopic (exact) mass is 498 g/mol. The van der Waals surface area contributed by atoms with E-state index in [9.17, 15) is 19.5 Å². The molecule has 0 heterocycles. The van der Waals surface area contributed by atoms with Gasteiger partial charge in [-0.05, 0) is 52.5 Å². The van der Waals surface area contributed by atoms with Gasteiger partial charge in [-0.15, -0.1) is 0 Å². The SMILES string of the molecule is CSCCC(NC(=O)OCC1c2ccccc2-c2ccccc21)C(=O)NC(CC(C)(C)C)C(=O)O. The van der Waals surface area contributed by atoms with Gasteiger partial charge in [-0.2, -0.15) is 11.8 Å². The quantitative estimate of drug-likeness (QED) is 0.440. The van der Waals surface area contributed by atoms with Crippen molar-refractivity contribution >= 4 is 29.7 Å². The van der Waals surface area contributed by atoms with Crippen LogP contribution in [0.15, 0.2) is 48.5 Å². The number of fused-ring (bicyclic) bond motifs is 3. The predicted octanol–water partition coefficient (Wildman–Crippen LogP) is 4.65. The molecule has 1 aliphatic carbocycles. The summed E-state index contributed by atoms with van der Waals surface area (Å²) in [5.41, 5.74) is 4.18. The minimum atomic E-state index is -1.10. The van der Waals surface area contributed by atoms with Crippen LogP contribution in [0.5, 0.6) is 0 Å². The number of hydrogen-bond acceptors (Lipinski definition) is 5. The lowest BCUT2D eigenvalue weighted by Crippen LogP contribution is -2.52.